The average Bonchev–Trinajstić information content (AvgIpc) is 2.52. The van der Waals surface area contributed by atoms with Gasteiger partial charge >= 0.3 is 0 Å². The first kappa shape index (κ1) is 11.0. The molecule has 0 bridgehead atoms. The highest BCUT2D eigenvalue weighted by Gasteiger charge is 2.39. The Morgan fingerprint density at radius 3 is 2.69 bits per heavy atom. The molecular weight excluding hydrogens is 164 g/mol. The SMILES string of the molecule is CCCC(C)C(O)C1(C)CCCO1. The van der Waals surface area contributed by atoms with Crippen molar-refractivity contribution in [3.8, 4) is 0 Å². The van der Waals surface area contributed by atoms with E-state index in [0.717, 1.165) is 32.3 Å². The summed E-state index contributed by atoms with van der Waals surface area (Å²) in [6.45, 7) is 7.12. The molecule has 1 rings (SSSR count). The molecule has 3 unspecified atom stereocenters. The van der Waals surface area contributed by atoms with Gasteiger partial charge in [0.25, 0.3) is 0 Å². The standard InChI is InChI=1S/C11H22O2/c1-4-6-9(2)10(12)11(3)7-5-8-13-11/h9-10,12H,4-8H2,1-3H3. The van der Waals surface area contributed by atoms with Crippen molar-refractivity contribution in [2.45, 2.75) is 58.2 Å². The minimum absolute atomic E-state index is 0.269. The van der Waals surface area contributed by atoms with Crippen LogP contribution >= 0.6 is 0 Å². The smallest absolute Gasteiger partial charge is 0.0915 e. The summed E-state index contributed by atoms with van der Waals surface area (Å²) in [6.07, 6.45) is 4.01. The molecule has 1 aliphatic heterocycles. The lowest BCUT2D eigenvalue weighted by molar-refractivity contribution is -0.0995. The Balaban J connectivity index is 2.49. The van der Waals surface area contributed by atoms with Gasteiger partial charge in [0.2, 0.25) is 0 Å². The molecule has 3 atom stereocenters. The van der Waals surface area contributed by atoms with Gasteiger partial charge in [0, 0.05) is 6.61 Å². The number of ether oxygens (including phenoxy) is 1. The minimum atomic E-state index is -0.296. The van der Waals surface area contributed by atoms with Crippen molar-refractivity contribution in [3.05, 3.63) is 0 Å². The molecule has 0 aromatic heterocycles. The second-order valence-corrected chi connectivity index (χ2v) is 4.48. The van der Waals surface area contributed by atoms with Crippen molar-refractivity contribution in [3.63, 3.8) is 0 Å². The zero-order valence-electron chi connectivity index (χ0n) is 9.05. The summed E-state index contributed by atoms with van der Waals surface area (Å²) in [6, 6.07) is 0. The lowest BCUT2D eigenvalue weighted by Gasteiger charge is -2.33. The molecular formula is C11H22O2. The Bertz CT molecular complexity index is 150. The van der Waals surface area contributed by atoms with E-state index in [9.17, 15) is 5.11 Å². The normalized spacial score (nSPS) is 33.2. The van der Waals surface area contributed by atoms with Crippen LogP contribution in [0.5, 0.6) is 0 Å². The van der Waals surface area contributed by atoms with Gasteiger partial charge in [0.05, 0.1) is 11.7 Å². The molecule has 2 heteroatoms. The van der Waals surface area contributed by atoms with Crippen molar-refractivity contribution < 1.29 is 9.84 Å². The van der Waals surface area contributed by atoms with E-state index in [2.05, 4.69) is 13.8 Å². The van der Waals surface area contributed by atoms with E-state index in [1.54, 1.807) is 0 Å². The van der Waals surface area contributed by atoms with E-state index in [1.807, 2.05) is 6.92 Å². The fraction of sp³-hybridized carbons (Fsp3) is 1.00. The maximum Gasteiger partial charge on any atom is 0.0915 e. The molecule has 0 aromatic carbocycles. The van der Waals surface area contributed by atoms with Crippen molar-refractivity contribution >= 4 is 0 Å². The van der Waals surface area contributed by atoms with Gasteiger partial charge in [-0.05, 0) is 32.1 Å². The lowest BCUT2D eigenvalue weighted by Crippen LogP contribution is -2.42. The fourth-order valence-corrected chi connectivity index (χ4v) is 2.25. The van der Waals surface area contributed by atoms with Crippen LogP contribution in [0.25, 0.3) is 0 Å². The van der Waals surface area contributed by atoms with Gasteiger partial charge in [-0.25, -0.2) is 0 Å². The van der Waals surface area contributed by atoms with Crippen LogP contribution in [0.4, 0.5) is 0 Å². The molecule has 0 amide bonds. The molecule has 78 valence electrons. The summed E-state index contributed by atoms with van der Waals surface area (Å²) in [7, 11) is 0. The Morgan fingerprint density at radius 2 is 2.23 bits per heavy atom. The summed E-state index contributed by atoms with van der Waals surface area (Å²) in [4.78, 5) is 0. The highest BCUT2D eigenvalue weighted by molar-refractivity contribution is 4.90. The molecule has 1 fully saturated rings. The van der Waals surface area contributed by atoms with Crippen LogP contribution in [0.15, 0.2) is 0 Å². The molecule has 0 aromatic rings. The third kappa shape index (κ3) is 2.44. The summed E-state index contributed by atoms with van der Waals surface area (Å²) < 4.78 is 5.62. The number of aliphatic hydroxyl groups is 1. The van der Waals surface area contributed by atoms with Gasteiger partial charge in [-0.1, -0.05) is 20.3 Å². The molecule has 1 aliphatic rings. The average molecular weight is 186 g/mol. The van der Waals surface area contributed by atoms with Crippen molar-refractivity contribution in [2.75, 3.05) is 6.61 Å². The number of hydrogen-bond acceptors (Lipinski definition) is 2. The van der Waals surface area contributed by atoms with Crippen LogP contribution in [-0.4, -0.2) is 23.4 Å². The highest BCUT2D eigenvalue weighted by atomic mass is 16.5. The zero-order valence-corrected chi connectivity index (χ0v) is 9.05. The van der Waals surface area contributed by atoms with E-state index < -0.39 is 0 Å². The first-order chi connectivity index (χ1) is 6.10. The Morgan fingerprint density at radius 1 is 1.54 bits per heavy atom. The van der Waals surface area contributed by atoms with Crippen LogP contribution in [0.3, 0.4) is 0 Å². The Kier molecular flexibility index (Phi) is 3.74. The molecule has 1 N–H and O–H groups in total. The monoisotopic (exact) mass is 186 g/mol. The number of rotatable bonds is 4. The number of hydrogen-bond donors (Lipinski definition) is 1. The maximum atomic E-state index is 10.1. The van der Waals surface area contributed by atoms with Crippen LogP contribution in [0, 0.1) is 5.92 Å². The maximum absolute atomic E-state index is 10.1. The first-order valence-corrected chi connectivity index (χ1v) is 5.42. The van der Waals surface area contributed by atoms with E-state index in [4.69, 9.17) is 4.74 Å². The van der Waals surface area contributed by atoms with Gasteiger partial charge in [0.15, 0.2) is 0 Å². The van der Waals surface area contributed by atoms with Crippen LogP contribution in [-0.2, 0) is 4.74 Å². The summed E-state index contributed by atoms with van der Waals surface area (Å²) in [5, 5.41) is 10.1. The lowest BCUT2D eigenvalue weighted by atomic mass is 9.85. The first-order valence-electron chi connectivity index (χ1n) is 5.42. The van der Waals surface area contributed by atoms with Gasteiger partial charge < -0.3 is 9.84 Å². The van der Waals surface area contributed by atoms with Gasteiger partial charge in [-0.15, -0.1) is 0 Å². The Hall–Kier alpha value is -0.0800. The molecule has 1 heterocycles. The van der Waals surface area contributed by atoms with Crippen molar-refractivity contribution in [2.24, 2.45) is 5.92 Å². The molecule has 1 saturated heterocycles. The highest BCUT2D eigenvalue weighted by Crippen LogP contribution is 2.33. The molecule has 0 radical (unpaired) electrons. The number of aliphatic hydroxyl groups excluding tert-OH is 1. The molecule has 0 spiro atoms. The predicted molar refractivity (Wildman–Crippen MR) is 53.7 cm³/mol. The zero-order chi connectivity index (χ0) is 9.90. The van der Waals surface area contributed by atoms with Crippen molar-refractivity contribution in [1.82, 2.24) is 0 Å². The third-order valence-corrected chi connectivity index (χ3v) is 3.16. The van der Waals surface area contributed by atoms with Gasteiger partial charge in [0.1, 0.15) is 0 Å². The van der Waals surface area contributed by atoms with Gasteiger partial charge in [-0.3, -0.25) is 0 Å². The van der Waals surface area contributed by atoms with Crippen LogP contribution < -0.4 is 0 Å². The van der Waals surface area contributed by atoms with Gasteiger partial charge in [-0.2, -0.15) is 0 Å². The van der Waals surface area contributed by atoms with E-state index >= 15 is 0 Å². The fourth-order valence-electron chi connectivity index (χ4n) is 2.25. The molecule has 2 nitrogen and oxygen atoms in total. The summed E-state index contributed by atoms with van der Waals surface area (Å²) in [5.41, 5.74) is -0.269. The summed E-state index contributed by atoms with van der Waals surface area (Å²) in [5.74, 6) is 0.355. The largest absolute Gasteiger partial charge is 0.390 e. The minimum Gasteiger partial charge on any atom is -0.390 e. The van der Waals surface area contributed by atoms with E-state index in [1.165, 1.54) is 0 Å². The Labute approximate surface area is 81.3 Å². The van der Waals surface area contributed by atoms with E-state index in [-0.39, 0.29) is 11.7 Å². The van der Waals surface area contributed by atoms with Crippen LogP contribution in [0.1, 0.15) is 46.5 Å². The van der Waals surface area contributed by atoms with E-state index in [0.29, 0.717) is 5.92 Å². The predicted octanol–water partition coefficient (Wildman–Crippen LogP) is 2.35. The molecule has 0 saturated carbocycles. The quantitative estimate of drug-likeness (QED) is 0.730. The summed E-state index contributed by atoms with van der Waals surface area (Å²) >= 11 is 0. The second-order valence-electron chi connectivity index (χ2n) is 4.48. The topological polar surface area (TPSA) is 29.5 Å². The van der Waals surface area contributed by atoms with Crippen LogP contribution in [0.2, 0.25) is 0 Å². The molecule has 0 aliphatic carbocycles. The molecule has 13 heavy (non-hydrogen) atoms. The second kappa shape index (κ2) is 4.43. The van der Waals surface area contributed by atoms with Crippen molar-refractivity contribution in [1.29, 1.82) is 0 Å². The third-order valence-electron chi connectivity index (χ3n) is 3.16.